The van der Waals surface area contributed by atoms with Gasteiger partial charge < -0.3 is 14.8 Å². The molecule has 2 bridgehead atoms. The van der Waals surface area contributed by atoms with Gasteiger partial charge in [0.15, 0.2) is 5.69 Å². The first-order chi connectivity index (χ1) is 13.1. The van der Waals surface area contributed by atoms with Gasteiger partial charge in [-0.3, -0.25) is 9.89 Å². The van der Waals surface area contributed by atoms with Crippen LogP contribution in [0.3, 0.4) is 0 Å². The second-order valence-corrected chi connectivity index (χ2v) is 7.97. The van der Waals surface area contributed by atoms with Crippen molar-refractivity contribution in [2.45, 2.75) is 32.7 Å². The Morgan fingerprint density at radius 3 is 2.56 bits per heavy atom. The molecule has 6 rings (SSSR count). The van der Waals surface area contributed by atoms with E-state index in [1.165, 1.54) is 37.3 Å². The standard InChI is InChI=1S/C21H25N5O/c1-13-3-4-14(2)26(13)16-5-6-18-17(11-16)20(24-23-18)21(27)22-19-12-25-9-7-15(19)8-10-25/h3-6,11,15,19H,7-10,12H2,1-2H3,(H,22,27)(H,23,24). The molecule has 0 aliphatic carbocycles. The Labute approximate surface area is 158 Å². The van der Waals surface area contributed by atoms with E-state index in [-0.39, 0.29) is 11.9 Å². The molecule has 1 atom stereocenters. The number of rotatable bonds is 3. The topological polar surface area (TPSA) is 66.0 Å². The van der Waals surface area contributed by atoms with E-state index in [1.807, 2.05) is 6.07 Å². The van der Waals surface area contributed by atoms with Crippen LogP contribution >= 0.6 is 0 Å². The number of aromatic nitrogens is 3. The van der Waals surface area contributed by atoms with E-state index < -0.39 is 0 Å². The van der Waals surface area contributed by atoms with E-state index >= 15 is 0 Å². The van der Waals surface area contributed by atoms with Gasteiger partial charge >= 0.3 is 0 Å². The normalized spacial score (nSPS) is 24.4. The monoisotopic (exact) mass is 363 g/mol. The minimum atomic E-state index is -0.0712. The smallest absolute Gasteiger partial charge is 0.272 e. The van der Waals surface area contributed by atoms with Crippen LogP contribution in [-0.2, 0) is 0 Å². The molecule has 6 heteroatoms. The van der Waals surface area contributed by atoms with Crippen molar-refractivity contribution < 1.29 is 4.79 Å². The summed E-state index contributed by atoms with van der Waals surface area (Å²) in [5.74, 6) is 0.531. The highest BCUT2D eigenvalue weighted by molar-refractivity contribution is 6.05. The van der Waals surface area contributed by atoms with Crippen molar-refractivity contribution in [1.82, 2.24) is 25.0 Å². The number of H-pyrrole nitrogens is 1. The molecule has 5 heterocycles. The minimum Gasteiger partial charge on any atom is -0.346 e. The number of hydrogen-bond acceptors (Lipinski definition) is 3. The number of hydrogen-bond donors (Lipinski definition) is 2. The van der Waals surface area contributed by atoms with Gasteiger partial charge in [-0.25, -0.2) is 0 Å². The van der Waals surface area contributed by atoms with Gasteiger partial charge in [0.05, 0.1) is 5.52 Å². The average Bonchev–Trinajstić information content (AvgIpc) is 3.25. The van der Waals surface area contributed by atoms with Crippen molar-refractivity contribution in [2.75, 3.05) is 19.6 Å². The first-order valence-electron chi connectivity index (χ1n) is 9.77. The van der Waals surface area contributed by atoms with E-state index in [1.54, 1.807) is 0 Å². The second kappa shape index (κ2) is 6.23. The summed E-state index contributed by atoms with van der Waals surface area (Å²) in [4.78, 5) is 15.4. The van der Waals surface area contributed by atoms with Gasteiger partial charge in [-0.05, 0) is 76.0 Å². The van der Waals surface area contributed by atoms with Gasteiger partial charge in [0.1, 0.15) is 0 Å². The predicted molar refractivity (Wildman–Crippen MR) is 105 cm³/mol. The summed E-state index contributed by atoms with van der Waals surface area (Å²) in [7, 11) is 0. The van der Waals surface area contributed by atoms with E-state index in [0.717, 1.165) is 23.1 Å². The van der Waals surface area contributed by atoms with Gasteiger partial charge in [0.2, 0.25) is 0 Å². The van der Waals surface area contributed by atoms with Gasteiger partial charge in [-0.1, -0.05) is 0 Å². The van der Waals surface area contributed by atoms with Crippen LogP contribution < -0.4 is 5.32 Å². The number of fused-ring (bicyclic) bond motifs is 4. The predicted octanol–water partition coefficient (Wildman–Crippen LogP) is 2.79. The van der Waals surface area contributed by atoms with Gasteiger partial charge in [-0.2, -0.15) is 5.10 Å². The zero-order valence-corrected chi connectivity index (χ0v) is 15.8. The third-order valence-electron chi connectivity index (χ3n) is 6.26. The Bertz CT molecular complexity index is 989. The van der Waals surface area contributed by atoms with Crippen LogP contribution in [-0.4, -0.2) is 51.2 Å². The Hall–Kier alpha value is -2.60. The molecule has 3 saturated heterocycles. The number of piperidine rings is 3. The molecule has 3 fully saturated rings. The van der Waals surface area contributed by atoms with Crippen LogP contribution in [0.2, 0.25) is 0 Å². The maximum absolute atomic E-state index is 13.0. The van der Waals surface area contributed by atoms with Crippen molar-refractivity contribution in [2.24, 2.45) is 5.92 Å². The fraction of sp³-hybridized carbons (Fsp3) is 0.429. The minimum absolute atomic E-state index is 0.0712. The highest BCUT2D eigenvalue weighted by Crippen LogP contribution is 2.28. The van der Waals surface area contributed by atoms with Crippen molar-refractivity contribution in [3.8, 4) is 5.69 Å². The highest BCUT2D eigenvalue weighted by atomic mass is 16.2. The summed E-state index contributed by atoms with van der Waals surface area (Å²) in [5.41, 5.74) is 4.79. The van der Waals surface area contributed by atoms with Gasteiger partial charge in [0.25, 0.3) is 5.91 Å². The van der Waals surface area contributed by atoms with E-state index in [4.69, 9.17) is 0 Å². The zero-order chi connectivity index (χ0) is 18.5. The summed E-state index contributed by atoms with van der Waals surface area (Å²) in [6.07, 6.45) is 2.37. The van der Waals surface area contributed by atoms with Crippen LogP contribution in [0.4, 0.5) is 0 Å². The summed E-state index contributed by atoms with van der Waals surface area (Å²) >= 11 is 0. The number of amides is 1. The molecule has 140 valence electrons. The third-order valence-corrected chi connectivity index (χ3v) is 6.26. The molecule has 3 aromatic rings. The lowest BCUT2D eigenvalue weighted by molar-refractivity contribution is 0.0618. The number of nitrogens with one attached hydrogen (secondary N) is 2. The molecule has 1 aromatic carbocycles. The lowest BCUT2D eigenvalue weighted by Gasteiger charge is -2.44. The molecule has 0 radical (unpaired) electrons. The van der Waals surface area contributed by atoms with Crippen LogP contribution in [0.1, 0.15) is 34.7 Å². The SMILES string of the molecule is Cc1ccc(C)n1-c1ccc2[nH]nc(C(=O)NC3CN4CCC3CC4)c2c1. The van der Waals surface area contributed by atoms with Crippen LogP contribution in [0.5, 0.6) is 0 Å². The number of benzene rings is 1. The van der Waals surface area contributed by atoms with Crippen molar-refractivity contribution in [3.05, 3.63) is 47.4 Å². The van der Waals surface area contributed by atoms with Crippen LogP contribution in [0.15, 0.2) is 30.3 Å². The number of carbonyl (C=O) groups excluding carboxylic acids is 1. The van der Waals surface area contributed by atoms with Crippen LogP contribution in [0, 0.1) is 19.8 Å². The quantitative estimate of drug-likeness (QED) is 0.752. The molecular formula is C21H25N5O. The van der Waals surface area contributed by atoms with Gasteiger partial charge in [-0.15, -0.1) is 0 Å². The van der Waals surface area contributed by atoms with E-state index in [0.29, 0.717) is 11.6 Å². The highest BCUT2D eigenvalue weighted by Gasteiger charge is 2.35. The Morgan fingerprint density at radius 2 is 1.89 bits per heavy atom. The number of carbonyl (C=O) groups is 1. The first kappa shape index (κ1) is 16.6. The Morgan fingerprint density at radius 1 is 1.15 bits per heavy atom. The molecule has 2 aromatic heterocycles. The maximum Gasteiger partial charge on any atom is 0.272 e. The van der Waals surface area contributed by atoms with Crippen molar-refractivity contribution >= 4 is 16.8 Å². The number of aryl methyl sites for hydroxylation is 2. The van der Waals surface area contributed by atoms with Crippen LogP contribution in [0.25, 0.3) is 16.6 Å². The van der Waals surface area contributed by atoms with E-state index in [9.17, 15) is 4.79 Å². The zero-order valence-electron chi connectivity index (χ0n) is 15.8. The number of aromatic amines is 1. The Balaban J connectivity index is 1.46. The molecular weight excluding hydrogens is 338 g/mol. The largest absolute Gasteiger partial charge is 0.346 e. The molecule has 0 saturated carbocycles. The summed E-state index contributed by atoms with van der Waals surface area (Å²) in [6.45, 7) is 7.48. The molecule has 6 nitrogen and oxygen atoms in total. The average molecular weight is 363 g/mol. The maximum atomic E-state index is 13.0. The van der Waals surface area contributed by atoms with Crippen molar-refractivity contribution in [1.29, 1.82) is 0 Å². The summed E-state index contributed by atoms with van der Waals surface area (Å²) in [5, 5.41) is 11.5. The first-order valence-corrected chi connectivity index (χ1v) is 9.77. The molecule has 3 aliphatic heterocycles. The Kier molecular flexibility index (Phi) is 3.82. The second-order valence-electron chi connectivity index (χ2n) is 7.97. The summed E-state index contributed by atoms with van der Waals surface area (Å²) in [6, 6.07) is 10.6. The summed E-state index contributed by atoms with van der Waals surface area (Å²) < 4.78 is 2.20. The fourth-order valence-corrected chi connectivity index (χ4v) is 4.76. The molecule has 27 heavy (non-hydrogen) atoms. The fourth-order valence-electron chi connectivity index (χ4n) is 4.76. The molecule has 3 aliphatic rings. The molecule has 1 amide bonds. The van der Waals surface area contributed by atoms with Gasteiger partial charge in [0, 0.05) is 35.0 Å². The number of nitrogens with zero attached hydrogens (tertiary/aromatic N) is 3. The third kappa shape index (κ3) is 2.75. The molecule has 0 spiro atoms. The lowest BCUT2D eigenvalue weighted by atomic mass is 9.84. The van der Waals surface area contributed by atoms with Crippen molar-refractivity contribution in [3.63, 3.8) is 0 Å². The lowest BCUT2D eigenvalue weighted by Crippen LogP contribution is -2.57. The molecule has 1 unspecified atom stereocenters. The molecule has 2 N–H and O–H groups in total. The van der Waals surface area contributed by atoms with E-state index in [2.05, 4.69) is 63.1 Å².